The lowest BCUT2D eigenvalue weighted by Crippen LogP contribution is -2.29. The van der Waals surface area contributed by atoms with Crippen LogP contribution in [-0.2, 0) is 17.8 Å². The van der Waals surface area contributed by atoms with E-state index in [1.54, 1.807) is 4.68 Å². The van der Waals surface area contributed by atoms with Crippen LogP contribution < -0.4 is 5.32 Å². The van der Waals surface area contributed by atoms with Crippen LogP contribution in [0, 0.1) is 13.8 Å². The third-order valence-electron chi connectivity index (χ3n) is 3.13. The van der Waals surface area contributed by atoms with Crippen molar-refractivity contribution in [1.82, 2.24) is 20.1 Å². The zero-order valence-electron chi connectivity index (χ0n) is 12.3. The van der Waals surface area contributed by atoms with E-state index in [0.717, 1.165) is 23.7 Å². The summed E-state index contributed by atoms with van der Waals surface area (Å²) < 4.78 is 1.61. The number of carbonyl (C=O) groups excluding carboxylic acids is 1. The van der Waals surface area contributed by atoms with E-state index in [0.29, 0.717) is 12.4 Å². The lowest BCUT2D eigenvalue weighted by Gasteiger charge is -2.06. The van der Waals surface area contributed by atoms with Gasteiger partial charge in [-0.1, -0.05) is 23.7 Å². The van der Waals surface area contributed by atoms with Crippen LogP contribution in [0.15, 0.2) is 24.3 Å². The summed E-state index contributed by atoms with van der Waals surface area (Å²) in [6, 6.07) is 7.77. The molecule has 0 aliphatic carbocycles. The Morgan fingerprint density at radius 3 is 2.62 bits per heavy atom. The second-order valence-electron chi connectivity index (χ2n) is 4.94. The summed E-state index contributed by atoms with van der Waals surface area (Å²) in [7, 11) is 0. The second kappa shape index (κ2) is 7.22. The molecule has 21 heavy (non-hydrogen) atoms. The van der Waals surface area contributed by atoms with Crippen molar-refractivity contribution >= 4 is 17.5 Å². The van der Waals surface area contributed by atoms with Crippen molar-refractivity contribution in [1.29, 1.82) is 0 Å². The van der Waals surface area contributed by atoms with Gasteiger partial charge in [-0.15, -0.1) is 0 Å². The molecule has 5 nitrogen and oxygen atoms in total. The predicted octanol–water partition coefficient (Wildman–Crippen LogP) is 2.30. The van der Waals surface area contributed by atoms with Crippen LogP contribution in [-0.4, -0.2) is 27.2 Å². The summed E-state index contributed by atoms with van der Waals surface area (Å²) in [6.07, 6.45) is 1.81. The van der Waals surface area contributed by atoms with Gasteiger partial charge in [0.25, 0.3) is 0 Å². The van der Waals surface area contributed by atoms with Gasteiger partial charge in [-0.05, 0) is 44.4 Å². The van der Waals surface area contributed by atoms with E-state index in [1.165, 1.54) is 5.56 Å². The van der Waals surface area contributed by atoms with Gasteiger partial charge in [-0.2, -0.15) is 5.10 Å². The molecule has 2 aromatic rings. The summed E-state index contributed by atoms with van der Waals surface area (Å²) in [5, 5.41) is 7.80. The first-order valence-electron chi connectivity index (χ1n) is 6.94. The Kier molecular flexibility index (Phi) is 5.33. The fraction of sp³-hybridized carbons (Fsp3) is 0.400. The normalized spacial score (nSPS) is 10.6. The maximum Gasteiger partial charge on any atom is 0.241 e. The number of benzene rings is 1. The van der Waals surface area contributed by atoms with Crippen molar-refractivity contribution in [2.24, 2.45) is 0 Å². The summed E-state index contributed by atoms with van der Waals surface area (Å²) in [5.41, 5.74) is 1.22. The number of hydrogen-bond donors (Lipinski definition) is 1. The summed E-state index contributed by atoms with van der Waals surface area (Å²) in [5.74, 6) is 1.39. The van der Waals surface area contributed by atoms with Crippen LogP contribution in [0.5, 0.6) is 0 Å². The van der Waals surface area contributed by atoms with Gasteiger partial charge in [0.1, 0.15) is 18.2 Å². The number of carbonyl (C=O) groups is 1. The van der Waals surface area contributed by atoms with Crippen LogP contribution in [0.3, 0.4) is 0 Å². The molecule has 1 aromatic carbocycles. The number of hydrogen-bond acceptors (Lipinski definition) is 3. The maximum absolute atomic E-state index is 11.8. The van der Waals surface area contributed by atoms with E-state index in [2.05, 4.69) is 15.4 Å². The number of aryl methyl sites for hydroxylation is 3. The van der Waals surface area contributed by atoms with Crippen LogP contribution in [0.1, 0.15) is 23.6 Å². The van der Waals surface area contributed by atoms with Gasteiger partial charge in [0.05, 0.1) is 0 Å². The highest BCUT2D eigenvalue weighted by molar-refractivity contribution is 6.30. The third kappa shape index (κ3) is 4.86. The van der Waals surface area contributed by atoms with Gasteiger partial charge in [0, 0.05) is 11.6 Å². The Morgan fingerprint density at radius 1 is 1.29 bits per heavy atom. The highest BCUT2D eigenvalue weighted by Crippen LogP contribution is 2.10. The minimum atomic E-state index is -0.0425. The Balaban J connectivity index is 1.70. The van der Waals surface area contributed by atoms with Crippen LogP contribution in [0.25, 0.3) is 0 Å². The molecule has 0 unspecified atom stereocenters. The average molecular weight is 307 g/mol. The number of nitrogens with zero attached hydrogens (tertiary/aromatic N) is 3. The molecule has 0 saturated heterocycles. The first-order valence-corrected chi connectivity index (χ1v) is 7.31. The molecule has 0 aliphatic rings. The van der Waals surface area contributed by atoms with Crippen molar-refractivity contribution in [2.75, 3.05) is 6.54 Å². The van der Waals surface area contributed by atoms with E-state index in [1.807, 2.05) is 38.1 Å². The molecule has 2 rings (SSSR count). The lowest BCUT2D eigenvalue weighted by molar-refractivity contribution is -0.121. The molecule has 112 valence electrons. The minimum Gasteiger partial charge on any atom is -0.354 e. The number of nitrogens with one attached hydrogen (secondary N) is 1. The molecular formula is C15H19ClN4O. The van der Waals surface area contributed by atoms with Gasteiger partial charge in [-0.25, -0.2) is 9.67 Å². The monoisotopic (exact) mass is 306 g/mol. The van der Waals surface area contributed by atoms with Crippen molar-refractivity contribution in [3.63, 3.8) is 0 Å². The standard InChI is InChI=1S/C15H19ClN4O/c1-11-18-12(2)20(19-11)10-15(21)17-9-3-4-13-5-7-14(16)8-6-13/h5-8H,3-4,9-10H2,1-2H3,(H,17,21). The summed E-state index contributed by atoms with van der Waals surface area (Å²) in [6.45, 7) is 4.52. The van der Waals surface area contributed by atoms with Crippen molar-refractivity contribution < 1.29 is 4.79 Å². The number of halogens is 1. The number of amides is 1. The molecule has 0 atom stereocenters. The van der Waals surface area contributed by atoms with Crippen molar-refractivity contribution in [3.8, 4) is 0 Å². The zero-order chi connectivity index (χ0) is 15.2. The molecule has 1 heterocycles. The fourth-order valence-electron chi connectivity index (χ4n) is 2.07. The molecule has 0 fully saturated rings. The molecule has 1 N–H and O–H groups in total. The van der Waals surface area contributed by atoms with Crippen molar-refractivity contribution in [2.45, 2.75) is 33.2 Å². The van der Waals surface area contributed by atoms with E-state index in [4.69, 9.17) is 11.6 Å². The van der Waals surface area contributed by atoms with E-state index < -0.39 is 0 Å². The smallest absolute Gasteiger partial charge is 0.241 e. The molecule has 6 heteroatoms. The van der Waals surface area contributed by atoms with Crippen LogP contribution in [0.2, 0.25) is 5.02 Å². The summed E-state index contributed by atoms with van der Waals surface area (Å²) >= 11 is 5.84. The largest absolute Gasteiger partial charge is 0.354 e. The molecule has 1 amide bonds. The topological polar surface area (TPSA) is 59.8 Å². The number of rotatable bonds is 6. The minimum absolute atomic E-state index is 0.0425. The van der Waals surface area contributed by atoms with Gasteiger partial charge in [0.15, 0.2) is 0 Å². The van der Waals surface area contributed by atoms with Gasteiger partial charge in [-0.3, -0.25) is 4.79 Å². The third-order valence-corrected chi connectivity index (χ3v) is 3.39. The SMILES string of the molecule is Cc1nc(C)n(CC(=O)NCCCc2ccc(Cl)cc2)n1. The van der Waals surface area contributed by atoms with Crippen molar-refractivity contribution in [3.05, 3.63) is 46.5 Å². The molecule has 0 saturated carbocycles. The predicted molar refractivity (Wildman–Crippen MR) is 82.3 cm³/mol. The van der Waals surface area contributed by atoms with Gasteiger partial charge >= 0.3 is 0 Å². The van der Waals surface area contributed by atoms with Crippen LogP contribution >= 0.6 is 11.6 Å². The maximum atomic E-state index is 11.8. The first-order chi connectivity index (χ1) is 10.0. The molecule has 0 aliphatic heterocycles. The number of aromatic nitrogens is 3. The molecule has 0 radical (unpaired) electrons. The lowest BCUT2D eigenvalue weighted by atomic mass is 10.1. The van der Waals surface area contributed by atoms with Gasteiger partial charge in [0.2, 0.25) is 5.91 Å². The Hall–Kier alpha value is -1.88. The molecular weight excluding hydrogens is 288 g/mol. The Labute approximate surface area is 129 Å². The van der Waals surface area contributed by atoms with E-state index >= 15 is 0 Å². The van der Waals surface area contributed by atoms with E-state index in [-0.39, 0.29) is 12.5 Å². The van der Waals surface area contributed by atoms with Gasteiger partial charge < -0.3 is 5.32 Å². The second-order valence-corrected chi connectivity index (χ2v) is 5.38. The highest BCUT2D eigenvalue weighted by atomic mass is 35.5. The van der Waals surface area contributed by atoms with E-state index in [9.17, 15) is 4.79 Å². The quantitative estimate of drug-likeness (QED) is 0.833. The molecule has 1 aromatic heterocycles. The molecule has 0 spiro atoms. The zero-order valence-corrected chi connectivity index (χ0v) is 13.0. The fourth-order valence-corrected chi connectivity index (χ4v) is 2.20. The average Bonchev–Trinajstić information content (AvgIpc) is 2.75. The first kappa shape index (κ1) is 15.5. The summed E-state index contributed by atoms with van der Waals surface area (Å²) in [4.78, 5) is 16.0. The van der Waals surface area contributed by atoms with Crippen LogP contribution in [0.4, 0.5) is 0 Å². The highest BCUT2D eigenvalue weighted by Gasteiger charge is 2.07. The Morgan fingerprint density at radius 2 is 2.00 bits per heavy atom. The molecule has 0 bridgehead atoms. The Bertz CT molecular complexity index is 607.